The fraction of sp³-hybridized carbons (Fsp3) is 0.0545. The lowest BCUT2D eigenvalue weighted by atomic mass is 9.82. The highest BCUT2D eigenvalue weighted by molar-refractivity contribution is 5.92. The molecule has 56 heavy (non-hydrogen) atoms. The predicted octanol–water partition coefficient (Wildman–Crippen LogP) is 15.3. The first kappa shape index (κ1) is 33.6. The molecule has 1 heteroatoms. The van der Waals surface area contributed by atoms with Gasteiger partial charge in [0.2, 0.25) is 0 Å². The van der Waals surface area contributed by atoms with Gasteiger partial charge in [0, 0.05) is 22.5 Å². The van der Waals surface area contributed by atoms with Crippen LogP contribution in [0.25, 0.3) is 66.4 Å². The molecule has 0 heterocycles. The van der Waals surface area contributed by atoms with E-state index in [9.17, 15) is 0 Å². The van der Waals surface area contributed by atoms with Gasteiger partial charge in [0.25, 0.3) is 0 Å². The zero-order valence-corrected chi connectivity index (χ0v) is 31.7. The minimum absolute atomic E-state index is 0.113. The van der Waals surface area contributed by atoms with Crippen LogP contribution in [0, 0.1) is 0 Å². The van der Waals surface area contributed by atoms with Crippen molar-refractivity contribution in [3.8, 4) is 55.6 Å². The largest absolute Gasteiger partial charge is 0.310 e. The van der Waals surface area contributed by atoms with Gasteiger partial charge in [0.1, 0.15) is 0 Å². The third-order valence-corrected chi connectivity index (χ3v) is 11.7. The first-order valence-electron chi connectivity index (χ1n) is 19.5. The molecule has 0 saturated heterocycles. The summed E-state index contributed by atoms with van der Waals surface area (Å²) in [6, 6.07) is 77.7. The molecule has 9 aromatic carbocycles. The summed E-state index contributed by atoms with van der Waals surface area (Å²) >= 11 is 0. The summed E-state index contributed by atoms with van der Waals surface area (Å²) in [5.41, 5.74) is 18.3. The number of nitrogens with zero attached hydrogens (tertiary/aromatic N) is 1. The van der Waals surface area contributed by atoms with Gasteiger partial charge in [-0.1, -0.05) is 184 Å². The minimum atomic E-state index is -0.113. The Kier molecular flexibility index (Phi) is 8.23. The molecular formula is C55H41N. The zero-order valence-electron chi connectivity index (χ0n) is 31.7. The summed E-state index contributed by atoms with van der Waals surface area (Å²) in [7, 11) is 0. The Morgan fingerprint density at radius 1 is 0.286 bits per heavy atom. The molecule has 0 aliphatic heterocycles. The standard InChI is InChI=1S/C55H41N/c1-55(2)53-20-12-11-19-50(53)51-34-32-48(37-54(51)55)56(46-29-27-41(28-30-46)45-26-23-39-15-9-10-18-44(39)35-45)47-31-33-49(52(36-47)42-16-7-4-8-17-42)43-24-21-40(22-25-43)38-13-5-3-6-14-38/h3-37H,1-2H3. The van der Waals surface area contributed by atoms with Gasteiger partial charge >= 0.3 is 0 Å². The van der Waals surface area contributed by atoms with E-state index in [4.69, 9.17) is 0 Å². The number of anilines is 3. The van der Waals surface area contributed by atoms with Crippen LogP contribution < -0.4 is 4.90 Å². The predicted molar refractivity (Wildman–Crippen MR) is 238 cm³/mol. The van der Waals surface area contributed by atoms with Crippen LogP contribution >= 0.6 is 0 Å². The third-order valence-electron chi connectivity index (χ3n) is 11.7. The Bertz CT molecular complexity index is 2850. The molecule has 0 atom stereocenters. The van der Waals surface area contributed by atoms with E-state index in [0.717, 1.165) is 17.1 Å². The topological polar surface area (TPSA) is 3.24 Å². The Morgan fingerprint density at radius 2 is 0.768 bits per heavy atom. The maximum atomic E-state index is 2.43. The SMILES string of the molecule is CC1(C)c2ccccc2-c2ccc(N(c3ccc(-c4ccc5ccccc5c4)cc3)c3ccc(-c4ccc(-c5ccccc5)cc4)c(-c4ccccc4)c3)cc21. The minimum Gasteiger partial charge on any atom is -0.310 e. The molecule has 0 saturated carbocycles. The van der Waals surface area contributed by atoms with E-state index in [2.05, 4.69) is 231 Å². The van der Waals surface area contributed by atoms with Gasteiger partial charge in [-0.2, -0.15) is 0 Å². The van der Waals surface area contributed by atoms with Crippen LogP contribution in [-0.4, -0.2) is 0 Å². The molecule has 1 aliphatic rings. The molecule has 0 unspecified atom stereocenters. The van der Waals surface area contributed by atoms with E-state index < -0.39 is 0 Å². The van der Waals surface area contributed by atoms with Gasteiger partial charge in [0.15, 0.2) is 0 Å². The number of hydrogen-bond acceptors (Lipinski definition) is 1. The van der Waals surface area contributed by atoms with Gasteiger partial charge < -0.3 is 4.90 Å². The fourth-order valence-electron chi connectivity index (χ4n) is 8.70. The summed E-state index contributed by atoms with van der Waals surface area (Å²) < 4.78 is 0. The Balaban J connectivity index is 1.12. The maximum Gasteiger partial charge on any atom is 0.0468 e. The van der Waals surface area contributed by atoms with Gasteiger partial charge in [-0.25, -0.2) is 0 Å². The maximum absolute atomic E-state index is 2.43. The normalized spacial score (nSPS) is 12.6. The van der Waals surface area contributed by atoms with Crippen LogP contribution in [0.4, 0.5) is 17.1 Å². The Labute approximate surface area is 329 Å². The van der Waals surface area contributed by atoms with Crippen LogP contribution in [-0.2, 0) is 5.41 Å². The van der Waals surface area contributed by atoms with Crippen molar-refractivity contribution < 1.29 is 0 Å². The molecule has 0 spiro atoms. The van der Waals surface area contributed by atoms with Crippen LogP contribution in [0.2, 0.25) is 0 Å². The average Bonchev–Trinajstić information content (AvgIpc) is 3.50. The van der Waals surface area contributed by atoms with Crippen LogP contribution in [0.3, 0.4) is 0 Å². The van der Waals surface area contributed by atoms with Crippen LogP contribution in [0.1, 0.15) is 25.0 Å². The monoisotopic (exact) mass is 715 g/mol. The van der Waals surface area contributed by atoms with E-state index in [-0.39, 0.29) is 5.41 Å². The quantitative estimate of drug-likeness (QED) is 0.159. The lowest BCUT2D eigenvalue weighted by Gasteiger charge is -2.29. The Hall–Kier alpha value is -6.96. The summed E-state index contributed by atoms with van der Waals surface area (Å²) in [5.74, 6) is 0. The summed E-state index contributed by atoms with van der Waals surface area (Å²) in [4.78, 5) is 2.43. The van der Waals surface area contributed by atoms with Crippen molar-refractivity contribution in [1.82, 2.24) is 0 Å². The van der Waals surface area contributed by atoms with E-state index in [1.165, 1.54) is 77.5 Å². The summed E-state index contributed by atoms with van der Waals surface area (Å²) in [6.07, 6.45) is 0. The van der Waals surface area contributed by atoms with E-state index >= 15 is 0 Å². The van der Waals surface area contributed by atoms with Crippen molar-refractivity contribution >= 4 is 27.8 Å². The molecule has 0 N–H and O–H groups in total. The second-order valence-electron chi connectivity index (χ2n) is 15.4. The van der Waals surface area contributed by atoms with Gasteiger partial charge in [-0.3, -0.25) is 0 Å². The Morgan fingerprint density at radius 3 is 1.52 bits per heavy atom. The van der Waals surface area contributed by atoms with Crippen LogP contribution in [0.15, 0.2) is 212 Å². The zero-order chi connectivity index (χ0) is 37.6. The van der Waals surface area contributed by atoms with Crippen molar-refractivity contribution in [2.45, 2.75) is 19.3 Å². The molecule has 0 fully saturated rings. The van der Waals surface area contributed by atoms with Crippen molar-refractivity contribution in [2.75, 3.05) is 4.90 Å². The lowest BCUT2D eigenvalue weighted by molar-refractivity contribution is 0.660. The lowest BCUT2D eigenvalue weighted by Crippen LogP contribution is -2.16. The van der Waals surface area contributed by atoms with Crippen molar-refractivity contribution in [3.05, 3.63) is 223 Å². The number of fused-ring (bicyclic) bond motifs is 4. The van der Waals surface area contributed by atoms with Crippen molar-refractivity contribution in [3.63, 3.8) is 0 Å². The molecule has 0 aromatic heterocycles. The van der Waals surface area contributed by atoms with E-state index in [1.54, 1.807) is 0 Å². The highest BCUT2D eigenvalue weighted by Crippen LogP contribution is 2.51. The molecule has 10 rings (SSSR count). The molecule has 9 aromatic rings. The average molecular weight is 716 g/mol. The third kappa shape index (κ3) is 5.90. The number of benzene rings is 9. The molecule has 0 radical (unpaired) electrons. The van der Waals surface area contributed by atoms with Crippen molar-refractivity contribution in [2.24, 2.45) is 0 Å². The van der Waals surface area contributed by atoms with Crippen LogP contribution in [0.5, 0.6) is 0 Å². The van der Waals surface area contributed by atoms with Gasteiger partial charge in [-0.15, -0.1) is 0 Å². The molecular weight excluding hydrogens is 675 g/mol. The van der Waals surface area contributed by atoms with Crippen molar-refractivity contribution in [1.29, 1.82) is 0 Å². The first-order valence-corrected chi connectivity index (χ1v) is 19.5. The molecule has 0 amide bonds. The fourth-order valence-corrected chi connectivity index (χ4v) is 8.70. The first-order chi connectivity index (χ1) is 27.5. The highest BCUT2D eigenvalue weighted by Gasteiger charge is 2.35. The number of hydrogen-bond donors (Lipinski definition) is 0. The smallest absolute Gasteiger partial charge is 0.0468 e. The highest BCUT2D eigenvalue weighted by atomic mass is 15.1. The summed E-state index contributed by atoms with van der Waals surface area (Å²) in [6.45, 7) is 4.71. The number of rotatable bonds is 7. The molecule has 1 aliphatic carbocycles. The van der Waals surface area contributed by atoms with E-state index in [1.807, 2.05) is 0 Å². The molecule has 266 valence electrons. The second kappa shape index (κ2) is 13.7. The van der Waals surface area contributed by atoms with E-state index in [0.29, 0.717) is 0 Å². The molecule has 0 bridgehead atoms. The van der Waals surface area contributed by atoms with Gasteiger partial charge in [-0.05, 0) is 120 Å². The molecule has 1 nitrogen and oxygen atoms in total. The van der Waals surface area contributed by atoms with Gasteiger partial charge in [0.05, 0.1) is 0 Å². The second-order valence-corrected chi connectivity index (χ2v) is 15.4. The summed E-state index contributed by atoms with van der Waals surface area (Å²) in [5, 5.41) is 2.51.